The third-order valence-corrected chi connectivity index (χ3v) is 5.48. The first-order chi connectivity index (χ1) is 14.6. The van der Waals surface area contributed by atoms with Crippen LogP contribution in [-0.4, -0.2) is 20.1 Å². The number of amides is 1. The number of halogens is 1. The molecule has 3 aromatic rings. The SMILES string of the molecule is COc1cccc(N2C(=O)/C(=C/c3ccc(OC)c(Br)c3)C=C2c2ccccc2)c1. The minimum absolute atomic E-state index is 0.0888. The molecule has 150 valence electrons. The van der Waals surface area contributed by atoms with Crippen molar-refractivity contribution in [1.29, 1.82) is 0 Å². The quantitative estimate of drug-likeness (QED) is 0.441. The Balaban J connectivity index is 1.80. The molecule has 0 saturated carbocycles. The normalized spacial score (nSPS) is 14.8. The van der Waals surface area contributed by atoms with Crippen LogP contribution in [-0.2, 0) is 4.79 Å². The van der Waals surface area contributed by atoms with Gasteiger partial charge >= 0.3 is 0 Å². The molecular weight excluding hydrogens is 442 g/mol. The van der Waals surface area contributed by atoms with Gasteiger partial charge in [0.1, 0.15) is 11.5 Å². The van der Waals surface area contributed by atoms with Gasteiger partial charge in [0.2, 0.25) is 0 Å². The summed E-state index contributed by atoms with van der Waals surface area (Å²) < 4.78 is 11.5. The Labute approximate surface area is 184 Å². The summed E-state index contributed by atoms with van der Waals surface area (Å²) in [6.07, 6.45) is 3.81. The number of hydrogen-bond donors (Lipinski definition) is 0. The molecular formula is C25H20BrNO3. The molecule has 1 amide bonds. The molecule has 0 fully saturated rings. The largest absolute Gasteiger partial charge is 0.497 e. The summed E-state index contributed by atoms with van der Waals surface area (Å²) in [6, 6.07) is 23.1. The summed E-state index contributed by atoms with van der Waals surface area (Å²) in [5.41, 5.74) is 4.06. The monoisotopic (exact) mass is 461 g/mol. The van der Waals surface area contributed by atoms with E-state index in [1.807, 2.05) is 84.9 Å². The van der Waals surface area contributed by atoms with Crippen LogP contribution in [0.1, 0.15) is 11.1 Å². The van der Waals surface area contributed by atoms with Gasteiger partial charge in [-0.05, 0) is 63.5 Å². The predicted octanol–water partition coefficient (Wildman–Crippen LogP) is 5.94. The highest BCUT2D eigenvalue weighted by Crippen LogP contribution is 2.37. The maximum absolute atomic E-state index is 13.4. The topological polar surface area (TPSA) is 38.8 Å². The molecule has 0 radical (unpaired) electrons. The zero-order valence-corrected chi connectivity index (χ0v) is 18.2. The lowest BCUT2D eigenvalue weighted by Crippen LogP contribution is -2.24. The molecule has 3 aromatic carbocycles. The number of ether oxygens (including phenoxy) is 2. The smallest absolute Gasteiger partial charge is 0.262 e. The van der Waals surface area contributed by atoms with Gasteiger partial charge in [-0.1, -0.05) is 42.5 Å². The molecule has 4 nitrogen and oxygen atoms in total. The van der Waals surface area contributed by atoms with E-state index < -0.39 is 0 Å². The third kappa shape index (κ3) is 3.89. The van der Waals surface area contributed by atoms with Crippen molar-refractivity contribution in [2.24, 2.45) is 0 Å². The van der Waals surface area contributed by atoms with Crippen LogP contribution in [0.15, 0.2) is 88.9 Å². The molecule has 1 aliphatic heterocycles. The van der Waals surface area contributed by atoms with Crippen molar-refractivity contribution in [3.8, 4) is 11.5 Å². The molecule has 0 unspecified atom stereocenters. The zero-order chi connectivity index (χ0) is 21.1. The first kappa shape index (κ1) is 20.0. The van der Waals surface area contributed by atoms with Gasteiger partial charge in [0.15, 0.2) is 0 Å². The van der Waals surface area contributed by atoms with E-state index in [1.165, 1.54) is 0 Å². The number of methoxy groups -OCH3 is 2. The van der Waals surface area contributed by atoms with E-state index in [9.17, 15) is 4.79 Å². The molecule has 1 heterocycles. The van der Waals surface area contributed by atoms with Crippen LogP contribution in [0.5, 0.6) is 11.5 Å². The Morgan fingerprint density at radius 3 is 2.40 bits per heavy atom. The molecule has 0 aromatic heterocycles. The standard InChI is InChI=1S/C25H20BrNO3/c1-29-21-10-6-9-20(16-21)27-23(18-7-4-3-5-8-18)15-19(25(27)28)13-17-11-12-24(30-2)22(26)14-17/h3-16H,1-2H3/b19-13+. The molecule has 1 aliphatic rings. The molecule has 0 N–H and O–H groups in total. The second-order valence-corrected chi connectivity index (χ2v) is 7.59. The Bertz CT molecular complexity index is 1150. The fraction of sp³-hybridized carbons (Fsp3) is 0.0800. The lowest BCUT2D eigenvalue weighted by molar-refractivity contribution is -0.113. The minimum atomic E-state index is -0.0888. The highest BCUT2D eigenvalue weighted by Gasteiger charge is 2.30. The van der Waals surface area contributed by atoms with Gasteiger partial charge in [-0.25, -0.2) is 0 Å². The Kier molecular flexibility index (Phi) is 5.72. The first-order valence-corrected chi connectivity index (χ1v) is 10.2. The number of anilines is 1. The molecule has 0 aliphatic carbocycles. The zero-order valence-electron chi connectivity index (χ0n) is 16.6. The van der Waals surface area contributed by atoms with Crippen LogP contribution in [0, 0.1) is 0 Å². The average molecular weight is 462 g/mol. The third-order valence-electron chi connectivity index (χ3n) is 4.86. The van der Waals surface area contributed by atoms with Crippen LogP contribution in [0.3, 0.4) is 0 Å². The van der Waals surface area contributed by atoms with Gasteiger partial charge in [-0.3, -0.25) is 9.69 Å². The van der Waals surface area contributed by atoms with Crippen molar-refractivity contribution in [2.45, 2.75) is 0 Å². The van der Waals surface area contributed by atoms with E-state index >= 15 is 0 Å². The second-order valence-electron chi connectivity index (χ2n) is 6.73. The first-order valence-electron chi connectivity index (χ1n) is 9.41. The van der Waals surface area contributed by atoms with Crippen LogP contribution in [0.4, 0.5) is 5.69 Å². The molecule has 5 heteroatoms. The average Bonchev–Trinajstić information content (AvgIpc) is 3.10. The summed E-state index contributed by atoms with van der Waals surface area (Å²) in [7, 11) is 3.24. The lowest BCUT2D eigenvalue weighted by Gasteiger charge is -2.21. The van der Waals surface area contributed by atoms with Crippen molar-refractivity contribution in [3.05, 3.63) is 100 Å². The van der Waals surface area contributed by atoms with E-state index in [0.29, 0.717) is 11.3 Å². The van der Waals surface area contributed by atoms with Crippen molar-refractivity contribution in [3.63, 3.8) is 0 Å². The van der Waals surface area contributed by atoms with Gasteiger partial charge in [-0.15, -0.1) is 0 Å². The van der Waals surface area contributed by atoms with Gasteiger partial charge in [0.25, 0.3) is 5.91 Å². The van der Waals surface area contributed by atoms with Crippen LogP contribution >= 0.6 is 15.9 Å². The minimum Gasteiger partial charge on any atom is -0.497 e. The van der Waals surface area contributed by atoms with E-state index in [0.717, 1.165) is 32.7 Å². The summed E-state index contributed by atoms with van der Waals surface area (Å²) in [5.74, 6) is 1.35. The van der Waals surface area contributed by atoms with E-state index in [2.05, 4.69) is 15.9 Å². The van der Waals surface area contributed by atoms with E-state index in [-0.39, 0.29) is 5.91 Å². The van der Waals surface area contributed by atoms with Crippen molar-refractivity contribution in [1.82, 2.24) is 0 Å². The Hall–Kier alpha value is -3.31. The lowest BCUT2D eigenvalue weighted by atomic mass is 10.1. The maximum Gasteiger partial charge on any atom is 0.262 e. The van der Waals surface area contributed by atoms with Crippen LogP contribution in [0.25, 0.3) is 11.8 Å². The number of carbonyl (C=O) groups excluding carboxylic acids is 1. The van der Waals surface area contributed by atoms with Crippen LogP contribution in [0.2, 0.25) is 0 Å². The van der Waals surface area contributed by atoms with Crippen molar-refractivity contribution < 1.29 is 14.3 Å². The highest BCUT2D eigenvalue weighted by molar-refractivity contribution is 9.10. The van der Waals surface area contributed by atoms with Crippen molar-refractivity contribution >= 4 is 39.3 Å². The fourth-order valence-corrected chi connectivity index (χ4v) is 3.95. The highest BCUT2D eigenvalue weighted by atomic mass is 79.9. The Morgan fingerprint density at radius 2 is 1.70 bits per heavy atom. The van der Waals surface area contributed by atoms with Gasteiger partial charge in [0.05, 0.1) is 30.1 Å². The molecule has 0 atom stereocenters. The number of rotatable bonds is 5. The van der Waals surface area contributed by atoms with Crippen molar-refractivity contribution in [2.75, 3.05) is 19.1 Å². The second kappa shape index (κ2) is 8.59. The number of nitrogens with zero attached hydrogens (tertiary/aromatic N) is 1. The summed E-state index contributed by atoms with van der Waals surface area (Å²) >= 11 is 3.51. The van der Waals surface area contributed by atoms with Gasteiger partial charge in [0, 0.05) is 11.6 Å². The van der Waals surface area contributed by atoms with Gasteiger partial charge < -0.3 is 9.47 Å². The number of carbonyl (C=O) groups is 1. The molecule has 0 saturated heterocycles. The molecule has 0 spiro atoms. The fourth-order valence-electron chi connectivity index (χ4n) is 3.39. The summed E-state index contributed by atoms with van der Waals surface area (Å²) in [6.45, 7) is 0. The molecule has 4 rings (SSSR count). The number of benzene rings is 3. The summed E-state index contributed by atoms with van der Waals surface area (Å²) in [4.78, 5) is 15.2. The molecule has 0 bridgehead atoms. The maximum atomic E-state index is 13.4. The molecule has 30 heavy (non-hydrogen) atoms. The number of hydrogen-bond acceptors (Lipinski definition) is 3. The van der Waals surface area contributed by atoms with Crippen LogP contribution < -0.4 is 14.4 Å². The van der Waals surface area contributed by atoms with E-state index in [1.54, 1.807) is 19.1 Å². The van der Waals surface area contributed by atoms with Gasteiger partial charge in [-0.2, -0.15) is 0 Å². The predicted molar refractivity (Wildman–Crippen MR) is 124 cm³/mol. The Morgan fingerprint density at radius 1 is 0.900 bits per heavy atom. The van der Waals surface area contributed by atoms with E-state index in [4.69, 9.17) is 9.47 Å². The summed E-state index contributed by atoms with van der Waals surface area (Å²) in [5, 5.41) is 0.